The molecular formula is C14H16ClNSi. The molecule has 0 aliphatic carbocycles. The van der Waals surface area contributed by atoms with Crippen molar-refractivity contribution in [3.05, 3.63) is 60.7 Å². The zero-order valence-electron chi connectivity index (χ0n) is 10.1. The molecule has 0 saturated carbocycles. The van der Waals surface area contributed by atoms with E-state index in [0.717, 1.165) is 0 Å². The Labute approximate surface area is 108 Å². The summed E-state index contributed by atoms with van der Waals surface area (Å²) in [6.07, 6.45) is 0. The Morgan fingerprint density at radius 3 is 1.41 bits per heavy atom. The molecule has 0 amide bonds. The Kier molecular flexibility index (Phi) is 3.67. The molecular weight excluding hydrogens is 246 g/mol. The van der Waals surface area contributed by atoms with Gasteiger partial charge >= 0.3 is 0 Å². The number of nitrogens with zero attached hydrogens (tertiary/aromatic N) is 1. The zero-order valence-corrected chi connectivity index (χ0v) is 11.9. The van der Waals surface area contributed by atoms with Gasteiger partial charge in [0.15, 0.2) is 0 Å². The summed E-state index contributed by atoms with van der Waals surface area (Å²) in [5, 5.41) is 2.44. The van der Waals surface area contributed by atoms with Gasteiger partial charge in [-0.25, -0.2) is 0 Å². The van der Waals surface area contributed by atoms with Crippen LogP contribution in [0.3, 0.4) is 0 Å². The molecule has 2 aromatic rings. The van der Waals surface area contributed by atoms with Crippen LogP contribution in [0, 0.1) is 0 Å². The van der Waals surface area contributed by atoms with Gasteiger partial charge in [0.2, 0.25) is 0 Å². The molecule has 0 unspecified atom stereocenters. The van der Waals surface area contributed by atoms with E-state index in [2.05, 4.69) is 42.9 Å². The molecule has 2 rings (SSSR count). The summed E-state index contributed by atoms with van der Waals surface area (Å²) in [6.45, 7) is 0. The Morgan fingerprint density at radius 2 is 1.12 bits per heavy atom. The van der Waals surface area contributed by atoms with Crippen LogP contribution in [0.1, 0.15) is 0 Å². The van der Waals surface area contributed by atoms with Crippen LogP contribution in [-0.2, 0) is 0 Å². The highest BCUT2D eigenvalue weighted by Gasteiger charge is 2.38. The number of rotatable bonds is 3. The van der Waals surface area contributed by atoms with E-state index in [1.807, 2.05) is 36.4 Å². The summed E-state index contributed by atoms with van der Waals surface area (Å²) in [7, 11) is 1.84. The van der Waals surface area contributed by atoms with Gasteiger partial charge in [-0.05, 0) is 24.5 Å². The fourth-order valence-corrected chi connectivity index (χ4v) is 5.39. The minimum Gasteiger partial charge on any atom is -0.310 e. The highest BCUT2D eigenvalue weighted by atomic mass is 35.6. The van der Waals surface area contributed by atoms with Crippen LogP contribution >= 0.6 is 11.1 Å². The highest BCUT2D eigenvalue weighted by Crippen LogP contribution is 2.12. The van der Waals surface area contributed by atoms with Crippen LogP contribution in [0.2, 0.25) is 0 Å². The fraction of sp³-hybridized carbons (Fsp3) is 0.143. The minimum absolute atomic E-state index is 1.22. The molecule has 1 nitrogen and oxygen atoms in total. The van der Waals surface area contributed by atoms with Gasteiger partial charge in [0.25, 0.3) is 7.55 Å². The van der Waals surface area contributed by atoms with Crippen LogP contribution < -0.4 is 10.4 Å². The SMILES string of the molecule is CN(C)[Si](Cl)(c1ccccc1)c1ccccc1. The van der Waals surface area contributed by atoms with Crippen molar-refractivity contribution in [1.82, 2.24) is 4.57 Å². The van der Waals surface area contributed by atoms with Crippen LogP contribution in [0.4, 0.5) is 0 Å². The first-order chi connectivity index (χ1) is 8.15. The molecule has 0 atom stereocenters. The van der Waals surface area contributed by atoms with E-state index in [9.17, 15) is 0 Å². The van der Waals surface area contributed by atoms with E-state index in [-0.39, 0.29) is 0 Å². The zero-order chi connectivity index (χ0) is 12.3. The maximum atomic E-state index is 6.99. The summed E-state index contributed by atoms with van der Waals surface area (Å²) in [6, 6.07) is 20.7. The Hall–Kier alpha value is -1.09. The number of halogens is 1. The molecule has 0 aliphatic heterocycles. The molecule has 17 heavy (non-hydrogen) atoms. The van der Waals surface area contributed by atoms with E-state index in [1.54, 1.807) is 0 Å². The largest absolute Gasteiger partial charge is 0.310 e. The summed E-state index contributed by atoms with van der Waals surface area (Å²) in [5.41, 5.74) is 0. The maximum Gasteiger partial charge on any atom is 0.291 e. The van der Waals surface area contributed by atoms with Crippen molar-refractivity contribution in [2.24, 2.45) is 0 Å². The molecule has 3 heteroatoms. The molecule has 0 saturated heterocycles. The molecule has 0 fully saturated rings. The Morgan fingerprint density at radius 1 is 0.765 bits per heavy atom. The second-order valence-electron chi connectivity index (χ2n) is 4.25. The summed E-state index contributed by atoms with van der Waals surface area (Å²) in [4.78, 5) is 0. The van der Waals surface area contributed by atoms with Gasteiger partial charge in [0.05, 0.1) is 0 Å². The third-order valence-electron chi connectivity index (χ3n) is 2.93. The lowest BCUT2D eigenvalue weighted by molar-refractivity contribution is 0.651. The van der Waals surface area contributed by atoms with Crippen LogP contribution in [0.25, 0.3) is 0 Å². The molecule has 0 N–H and O–H groups in total. The second-order valence-corrected chi connectivity index (χ2v) is 9.18. The smallest absolute Gasteiger partial charge is 0.291 e. The van der Waals surface area contributed by atoms with Crippen molar-refractivity contribution < 1.29 is 0 Å². The summed E-state index contributed by atoms with van der Waals surface area (Å²) < 4.78 is 2.17. The highest BCUT2D eigenvalue weighted by molar-refractivity contribution is 7.32. The van der Waals surface area contributed by atoms with E-state index in [4.69, 9.17) is 11.1 Å². The second kappa shape index (κ2) is 5.04. The average molecular weight is 262 g/mol. The van der Waals surface area contributed by atoms with E-state index in [1.165, 1.54) is 10.4 Å². The fourth-order valence-electron chi connectivity index (χ4n) is 2.00. The minimum atomic E-state index is -2.27. The molecule has 0 spiro atoms. The van der Waals surface area contributed by atoms with Crippen molar-refractivity contribution in [3.8, 4) is 0 Å². The Bertz CT molecular complexity index is 431. The molecule has 0 aromatic heterocycles. The van der Waals surface area contributed by atoms with Crippen molar-refractivity contribution in [2.75, 3.05) is 14.1 Å². The number of benzene rings is 2. The van der Waals surface area contributed by atoms with Crippen molar-refractivity contribution in [2.45, 2.75) is 0 Å². The lowest BCUT2D eigenvalue weighted by atomic mass is 10.4. The topological polar surface area (TPSA) is 3.24 Å². The molecule has 0 aliphatic rings. The molecule has 0 heterocycles. The first-order valence-corrected chi connectivity index (χ1v) is 8.59. The first-order valence-electron chi connectivity index (χ1n) is 5.63. The van der Waals surface area contributed by atoms with Gasteiger partial charge < -0.3 is 4.57 Å². The van der Waals surface area contributed by atoms with Gasteiger partial charge in [-0.3, -0.25) is 0 Å². The quantitative estimate of drug-likeness (QED) is 0.604. The van der Waals surface area contributed by atoms with Gasteiger partial charge in [-0.15, -0.1) is 11.1 Å². The molecule has 0 bridgehead atoms. The van der Waals surface area contributed by atoms with Gasteiger partial charge in [-0.2, -0.15) is 0 Å². The molecule has 0 radical (unpaired) electrons. The monoisotopic (exact) mass is 261 g/mol. The Balaban J connectivity index is 2.55. The summed E-state index contributed by atoms with van der Waals surface area (Å²) >= 11 is 6.99. The first kappa shape index (κ1) is 12.4. The van der Waals surface area contributed by atoms with Gasteiger partial charge in [0, 0.05) is 0 Å². The van der Waals surface area contributed by atoms with Crippen molar-refractivity contribution in [3.63, 3.8) is 0 Å². The number of hydrogen-bond acceptors (Lipinski definition) is 1. The third-order valence-corrected chi connectivity index (χ3v) is 8.68. The maximum absolute atomic E-state index is 6.99. The van der Waals surface area contributed by atoms with Crippen molar-refractivity contribution >= 4 is 29.0 Å². The lowest BCUT2D eigenvalue weighted by Crippen LogP contribution is -2.63. The van der Waals surface area contributed by atoms with E-state index >= 15 is 0 Å². The van der Waals surface area contributed by atoms with E-state index in [0.29, 0.717) is 0 Å². The number of hydrogen-bond donors (Lipinski definition) is 0. The van der Waals surface area contributed by atoms with Crippen LogP contribution in [0.5, 0.6) is 0 Å². The van der Waals surface area contributed by atoms with Gasteiger partial charge in [-0.1, -0.05) is 60.7 Å². The lowest BCUT2D eigenvalue weighted by Gasteiger charge is -2.32. The standard InChI is InChI=1S/C14H16ClNSi/c1-16(2)17(15,13-9-5-3-6-10-13)14-11-7-4-8-12-14/h3-12H,1-2H3. The van der Waals surface area contributed by atoms with Crippen LogP contribution in [0.15, 0.2) is 60.7 Å². The predicted molar refractivity (Wildman–Crippen MR) is 77.4 cm³/mol. The molecule has 88 valence electrons. The third kappa shape index (κ3) is 2.29. The normalized spacial score (nSPS) is 11.8. The van der Waals surface area contributed by atoms with Gasteiger partial charge in [0.1, 0.15) is 0 Å². The van der Waals surface area contributed by atoms with Crippen molar-refractivity contribution in [1.29, 1.82) is 0 Å². The van der Waals surface area contributed by atoms with Crippen LogP contribution in [-0.4, -0.2) is 26.2 Å². The predicted octanol–water partition coefficient (Wildman–Crippen LogP) is 2.04. The molecule has 2 aromatic carbocycles. The average Bonchev–Trinajstić information content (AvgIpc) is 2.39. The summed E-state index contributed by atoms with van der Waals surface area (Å²) in [5.74, 6) is 0. The van der Waals surface area contributed by atoms with E-state index < -0.39 is 7.55 Å².